The summed E-state index contributed by atoms with van der Waals surface area (Å²) in [7, 11) is -0.917. The van der Waals surface area contributed by atoms with E-state index in [-0.39, 0.29) is 11.2 Å². The van der Waals surface area contributed by atoms with Gasteiger partial charge in [0.1, 0.15) is 0 Å². The molecule has 6 heteroatoms. The molecular weight excluding hydrogens is 382 g/mol. The number of hydrogen-bond donors (Lipinski definition) is 1. The molecule has 3 rings (SSSR count). The number of aryl methyl sites for hydroxylation is 1. The van der Waals surface area contributed by atoms with Gasteiger partial charge in [-0.25, -0.2) is 0 Å². The van der Waals surface area contributed by atoms with Crippen LogP contribution in [0.15, 0.2) is 48.5 Å². The molecule has 0 bridgehead atoms. The zero-order valence-electron chi connectivity index (χ0n) is 15.2. The minimum absolute atomic E-state index is 0.0578. The zero-order chi connectivity index (χ0) is 19.1. The van der Waals surface area contributed by atoms with Crippen LogP contribution in [-0.4, -0.2) is 28.6 Å². The van der Waals surface area contributed by atoms with E-state index in [4.69, 9.17) is 16.3 Å². The molecule has 2 aromatic rings. The SMILES string of the molecule is O=C(CCc1ccccc1Cl)Nc1cccc(CS(=O)C2CCOCC2)c1. The van der Waals surface area contributed by atoms with Crippen molar-refractivity contribution in [2.75, 3.05) is 18.5 Å². The molecule has 1 aliphatic rings. The lowest BCUT2D eigenvalue weighted by Gasteiger charge is -2.21. The Morgan fingerprint density at radius 3 is 2.70 bits per heavy atom. The second-order valence-corrected chi connectivity index (χ2v) is 8.80. The van der Waals surface area contributed by atoms with Crippen molar-refractivity contribution >= 4 is 34.0 Å². The van der Waals surface area contributed by atoms with Crippen LogP contribution in [0.2, 0.25) is 5.02 Å². The van der Waals surface area contributed by atoms with E-state index < -0.39 is 10.8 Å². The van der Waals surface area contributed by atoms with E-state index in [9.17, 15) is 9.00 Å². The van der Waals surface area contributed by atoms with E-state index in [1.165, 1.54) is 0 Å². The van der Waals surface area contributed by atoms with Crippen LogP contribution in [0, 0.1) is 0 Å². The molecule has 0 spiro atoms. The molecule has 0 radical (unpaired) electrons. The Labute approximate surface area is 167 Å². The molecule has 1 unspecified atom stereocenters. The first-order chi connectivity index (χ1) is 13.1. The summed E-state index contributed by atoms with van der Waals surface area (Å²) in [4.78, 5) is 12.2. The first-order valence-electron chi connectivity index (χ1n) is 9.19. The number of halogens is 1. The molecule has 0 aliphatic carbocycles. The van der Waals surface area contributed by atoms with Gasteiger partial charge in [0, 0.05) is 52.1 Å². The van der Waals surface area contributed by atoms with Crippen molar-refractivity contribution < 1.29 is 13.7 Å². The molecule has 1 saturated heterocycles. The highest BCUT2D eigenvalue weighted by atomic mass is 35.5. The smallest absolute Gasteiger partial charge is 0.224 e. The third-order valence-corrected chi connectivity index (χ3v) is 6.84. The molecular formula is C21H24ClNO3S. The van der Waals surface area contributed by atoms with E-state index in [2.05, 4.69) is 5.32 Å². The highest BCUT2D eigenvalue weighted by Gasteiger charge is 2.20. The summed E-state index contributed by atoms with van der Waals surface area (Å²) in [5, 5.41) is 3.81. The van der Waals surface area contributed by atoms with Gasteiger partial charge in [0.05, 0.1) is 0 Å². The number of rotatable bonds is 7. The summed E-state index contributed by atoms with van der Waals surface area (Å²) >= 11 is 6.13. The molecule has 0 aromatic heterocycles. The van der Waals surface area contributed by atoms with E-state index in [1.54, 1.807) is 0 Å². The molecule has 1 amide bonds. The van der Waals surface area contributed by atoms with E-state index >= 15 is 0 Å². The monoisotopic (exact) mass is 405 g/mol. The number of ether oxygens (including phenoxy) is 1. The van der Waals surface area contributed by atoms with Crippen LogP contribution in [-0.2, 0) is 32.5 Å². The average molecular weight is 406 g/mol. The van der Waals surface area contributed by atoms with Crippen LogP contribution in [0.5, 0.6) is 0 Å². The van der Waals surface area contributed by atoms with Crippen LogP contribution in [0.1, 0.15) is 30.4 Å². The molecule has 4 nitrogen and oxygen atoms in total. The van der Waals surface area contributed by atoms with Crippen molar-refractivity contribution in [2.24, 2.45) is 0 Å². The Morgan fingerprint density at radius 2 is 1.93 bits per heavy atom. The summed E-state index contributed by atoms with van der Waals surface area (Å²) in [5.41, 5.74) is 2.68. The Bertz CT molecular complexity index is 806. The third kappa shape index (κ3) is 6.16. The molecule has 2 aromatic carbocycles. The number of anilines is 1. The van der Waals surface area contributed by atoms with Crippen molar-refractivity contribution in [3.63, 3.8) is 0 Å². The number of nitrogens with one attached hydrogen (secondary N) is 1. The first-order valence-corrected chi connectivity index (χ1v) is 10.9. The number of carbonyl (C=O) groups excluding carboxylic acids is 1. The summed E-state index contributed by atoms with van der Waals surface area (Å²) in [6.45, 7) is 1.38. The lowest BCUT2D eigenvalue weighted by molar-refractivity contribution is -0.116. The van der Waals surface area contributed by atoms with Gasteiger partial charge < -0.3 is 10.1 Å². The van der Waals surface area contributed by atoms with Crippen molar-refractivity contribution in [2.45, 2.75) is 36.7 Å². The van der Waals surface area contributed by atoms with Gasteiger partial charge in [0.15, 0.2) is 0 Å². The van der Waals surface area contributed by atoms with Gasteiger partial charge in [-0.15, -0.1) is 0 Å². The number of amides is 1. The fourth-order valence-corrected chi connectivity index (χ4v) is 4.82. The molecule has 1 N–H and O–H groups in total. The summed E-state index contributed by atoms with van der Waals surface area (Å²) in [5.74, 6) is 0.450. The van der Waals surface area contributed by atoms with Crippen molar-refractivity contribution in [1.29, 1.82) is 0 Å². The maximum Gasteiger partial charge on any atom is 0.224 e. The third-order valence-electron chi connectivity index (χ3n) is 4.64. The Balaban J connectivity index is 1.53. The van der Waals surface area contributed by atoms with Crippen LogP contribution < -0.4 is 5.32 Å². The average Bonchev–Trinajstić information content (AvgIpc) is 2.68. The minimum Gasteiger partial charge on any atom is -0.381 e. The molecule has 1 fully saturated rings. The normalized spacial score (nSPS) is 16.0. The Hall–Kier alpha value is -1.69. The minimum atomic E-state index is -0.917. The number of benzene rings is 2. The van der Waals surface area contributed by atoms with Crippen LogP contribution in [0.4, 0.5) is 5.69 Å². The highest BCUT2D eigenvalue weighted by Crippen LogP contribution is 2.20. The van der Waals surface area contributed by atoms with E-state index in [0.29, 0.717) is 36.8 Å². The van der Waals surface area contributed by atoms with Gasteiger partial charge in [-0.05, 0) is 48.6 Å². The van der Waals surface area contributed by atoms with Crippen molar-refractivity contribution in [3.05, 3.63) is 64.7 Å². The molecule has 0 saturated carbocycles. The lowest BCUT2D eigenvalue weighted by Crippen LogP contribution is -2.25. The fourth-order valence-electron chi connectivity index (χ4n) is 3.13. The predicted octanol–water partition coefficient (Wildman–Crippen LogP) is 4.34. The first kappa shape index (κ1) is 20.1. The van der Waals surface area contributed by atoms with Gasteiger partial charge in [0.2, 0.25) is 5.91 Å². The van der Waals surface area contributed by atoms with Crippen LogP contribution in [0.25, 0.3) is 0 Å². The van der Waals surface area contributed by atoms with E-state index in [1.807, 2.05) is 48.5 Å². The van der Waals surface area contributed by atoms with Crippen molar-refractivity contribution in [3.8, 4) is 0 Å². The zero-order valence-corrected chi connectivity index (χ0v) is 16.7. The largest absolute Gasteiger partial charge is 0.381 e. The highest BCUT2D eigenvalue weighted by molar-refractivity contribution is 7.84. The fraction of sp³-hybridized carbons (Fsp3) is 0.381. The summed E-state index contributed by atoms with van der Waals surface area (Å²) in [6, 6.07) is 15.2. The lowest BCUT2D eigenvalue weighted by atomic mass is 10.1. The number of carbonyl (C=O) groups is 1. The standard InChI is InChI=1S/C21H24ClNO3S/c22-20-7-2-1-5-17(20)8-9-21(24)23-18-6-3-4-16(14-18)15-27(25)19-10-12-26-13-11-19/h1-7,14,19H,8-13,15H2,(H,23,24). The van der Waals surface area contributed by atoms with Gasteiger partial charge in [0.25, 0.3) is 0 Å². The Kier molecular flexibility index (Phi) is 7.44. The Morgan fingerprint density at radius 1 is 1.15 bits per heavy atom. The van der Waals surface area contributed by atoms with Gasteiger partial charge in [-0.3, -0.25) is 9.00 Å². The van der Waals surface area contributed by atoms with Gasteiger partial charge in [-0.2, -0.15) is 0 Å². The summed E-state index contributed by atoms with van der Waals surface area (Å²) < 4.78 is 17.9. The van der Waals surface area contributed by atoms with Crippen molar-refractivity contribution in [1.82, 2.24) is 0 Å². The quantitative estimate of drug-likeness (QED) is 0.745. The molecule has 1 aliphatic heterocycles. The molecule has 27 heavy (non-hydrogen) atoms. The topological polar surface area (TPSA) is 55.4 Å². The predicted molar refractivity (Wildman–Crippen MR) is 111 cm³/mol. The molecule has 1 heterocycles. The van der Waals surface area contributed by atoms with Crippen LogP contribution in [0.3, 0.4) is 0 Å². The van der Waals surface area contributed by atoms with Gasteiger partial charge in [-0.1, -0.05) is 41.9 Å². The maximum absolute atomic E-state index is 12.5. The van der Waals surface area contributed by atoms with Gasteiger partial charge >= 0.3 is 0 Å². The number of hydrogen-bond acceptors (Lipinski definition) is 3. The maximum atomic E-state index is 12.5. The molecule has 144 valence electrons. The van der Waals surface area contributed by atoms with Crippen LogP contribution >= 0.6 is 11.6 Å². The molecule has 1 atom stereocenters. The second kappa shape index (κ2) is 10.0. The van der Waals surface area contributed by atoms with E-state index in [0.717, 1.165) is 29.7 Å². The second-order valence-electron chi connectivity index (χ2n) is 6.68. The summed E-state index contributed by atoms with van der Waals surface area (Å²) in [6.07, 6.45) is 2.66.